The molecule has 5 N–H and O–H groups in total. The molecule has 0 aromatic heterocycles. The van der Waals surface area contributed by atoms with Crippen LogP contribution in [0.2, 0.25) is 0 Å². The Bertz CT molecular complexity index is 574. The van der Waals surface area contributed by atoms with Crippen LogP contribution in [0.25, 0.3) is 0 Å². The molecule has 0 heterocycles. The first kappa shape index (κ1) is 14.4. The van der Waals surface area contributed by atoms with E-state index >= 15 is 0 Å². The molecule has 0 radical (unpaired) electrons. The number of nitrogen functional groups attached to an aromatic ring is 1. The molecule has 2 aromatic carbocycles. The zero-order valence-electron chi connectivity index (χ0n) is 11.0. The smallest absolute Gasteiger partial charge is 0.242 e. The van der Waals surface area contributed by atoms with Crippen LogP contribution < -0.4 is 17.0 Å². The molecule has 20 heavy (non-hydrogen) atoms. The summed E-state index contributed by atoms with van der Waals surface area (Å²) < 4.78 is 0. The van der Waals surface area contributed by atoms with Crippen molar-refractivity contribution in [2.75, 3.05) is 11.5 Å². The molecule has 1 atom stereocenters. The van der Waals surface area contributed by atoms with E-state index in [0.717, 1.165) is 16.1 Å². The van der Waals surface area contributed by atoms with Crippen LogP contribution in [-0.2, 0) is 4.79 Å². The van der Waals surface area contributed by atoms with Crippen molar-refractivity contribution < 1.29 is 4.79 Å². The van der Waals surface area contributed by atoms with Gasteiger partial charge in [0.05, 0.1) is 5.92 Å². The number of anilines is 1. The van der Waals surface area contributed by atoms with Gasteiger partial charge in [-0.2, -0.15) is 0 Å². The van der Waals surface area contributed by atoms with Crippen LogP contribution in [0.4, 0.5) is 5.69 Å². The van der Waals surface area contributed by atoms with Crippen LogP contribution in [0.1, 0.15) is 11.5 Å². The maximum atomic E-state index is 11.9. The Morgan fingerprint density at radius 3 is 2.55 bits per heavy atom. The molecule has 0 spiro atoms. The lowest BCUT2D eigenvalue weighted by Crippen LogP contribution is -2.35. The number of nitrogens with two attached hydrogens (primary N) is 2. The quantitative estimate of drug-likeness (QED) is 0.259. The monoisotopic (exact) mass is 287 g/mol. The van der Waals surface area contributed by atoms with Crippen molar-refractivity contribution in [3.63, 3.8) is 0 Å². The molecule has 0 aliphatic heterocycles. The molecule has 2 rings (SSSR count). The van der Waals surface area contributed by atoms with Crippen molar-refractivity contribution in [2.24, 2.45) is 5.84 Å². The lowest BCUT2D eigenvalue weighted by Gasteiger charge is -2.15. The van der Waals surface area contributed by atoms with Crippen molar-refractivity contribution in [3.05, 3.63) is 60.2 Å². The van der Waals surface area contributed by atoms with E-state index in [9.17, 15) is 4.79 Å². The third kappa shape index (κ3) is 3.76. The summed E-state index contributed by atoms with van der Waals surface area (Å²) in [4.78, 5) is 13.0. The van der Waals surface area contributed by atoms with Gasteiger partial charge in [0, 0.05) is 16.3 Å². The van der Waals surface area contributed by atoms with Gasteiger partial charge < -0.3 is 5.73 Å². The summed E-state index contributed by atoms with van der Waals surface area (Å²) in [6.07, 6.45) is 0. The second-order valence-corrected chi connectivity index (χ2v) is 5.45. The summed E-state index contributed by atoms with van der Waals surface area (Å²) in [5.41, 5.74) is 9.65. The molecule has 0 aliphatic carbocycles. The Kier molecular flexibility index (Phi) is 5.03. The largest absolute Gasteiger partial charge is 0.399 e. The van der Waals surface area contributed by atoms with Gasteiger partial charge in [-0.15, -0.1) is 11.8 Å². The molecule has 1 unspecified atom stereocenters. The van der Waals surface area contributed by atoms with Crippen LogP contribution in [0.15, 0.2) is 59.5 Å². The fourth-order valence-corrected chi connectivity index (χ4v) is 2.99. The minimum atomic E-state index is -0.285. The van der Waals surface area contributed by atoms with Gasteiger partial charge in [0.2, 0.25) is 5.91 Å². The van der Waals surface area contributed by atoms with Gasteiger partial charge in [-0.05, 0) is 23.8 Å². The molecule has 0 aliphatic rings. The van der Waals surface area contributed by atoms with E-state index < -0.39 is 0 Å². The zero-order valence-corrected chi connectivity index (χ0v) is 11.8. The molecule has 0 fully saturated rings. The molecule has 0 bridgehead atoms. The first-order chi connectivity index (χ1) is 9.70. The second-order valence-electron chi connectivity index (χ2n) is 4.36. The molecular weight excluding hydrogens is 270 g/mol. The number of carbonyl (C=O) groups excluding carboxylic acids is 1. The topological polar surface area (TPSA) is 81.1 Å². The summed E-state index contributed by atoms with van der Waals surface area (Å²) in [5, 5.41) is 0. The Morgan fingerprint density at radius 2 is 1.90 bits per heavy atom. The number of amides is 1. The lowest BCUT2D eigenvalue weighted by molar-refractivity contribution is -0.122. The van der Waals surface area contributed by atoms with E-state index in [0.29, 0.717) is 5.75 Å². The summed E-state index contributed by atoms with van der Waals surface area (Å²) in [7, 11) is 0. The number of nitrogens with one attached hydrogen (secondary N) is 1. The average molecular weight is 287 g/mol. The molecule has 0 saturated heterocycles. The van der Waals surface area contributed by atoms with Crippen molar-refractivity contribution >= 4 is 23.4 Å². The first-order valence-corrected chi connectivity index (χ1v) is 7.23. The number of thioether (sulfide) groups is 1. The second kappa shape index (κ2) is 6.98. The number of benzene rings is 2. The summed E-state index contributed by atoms with van der Waals surface area (Å²) in [6.45, 7) is 0. The predicted molar refractivity (Wildman–Crippen MR) is 83.1 cm³/mol. The van der Waals surface area contributed by atoms with Gasteiger partial charge >= 0.3 is 0 Å². The summed E-state index contributed by atoms with van der Waals surface area (Å²) in [5.74, 6) is 5.41. The maximum absolute atomic E-state index is 11.9. The van der Waals surface area contributed by atoms with Crippen LogP contribution in [0.3, 0.4) is 0 Å². The Hall–Kier alpha value is -1.98. The van der Waals surface area contributed by atoms with Gasteiger partial charge in [-0.3, -0.25) is 10.2 Å². The Balaban J connectivity index is 2.11. The van der Waals surface area contributed by atoms with Crippen molar-refractivity contribution in [2.45, 2.75) is 10.8 Å². The molecule has 4 nitrogen and oxygen atoms in total. The van der Waals surface area contributed by atoms with E-state index in [1.807, 2.05) is 54.6 Å². The van der Waals surface area contributed by atoms with E-state index in [-0.39, 0.29) is 11.8 Å². The molecule has 5 heteroatoms. The van der Waals surface area contributed by atoms with Crippen LogP contribution in [0, 0.1) is 0 Å². The van der Waals surface area contributed by atoms with Gasteiger partial charge in [-0.1, -0.05) is 36.4 Å². The third-order valence-electron chi connectivity index (χ3n) is 2.94. The van der Waals surface area contributed by atoms with Crippen molar-refractivity contribution in [1.82, 2.24) is 5.43 Å². The fourth-order valence-electron chi connectivity index (χ4n) is 1.89. The van der Waals surface area contributed by atoms with Crippen molar-refractivity contribution in [3.8, 4) is 0 Å². The van der Waals surface area contributed by atoms with Gasteiger partial charge in [0.25, 0.3) is 0 Å². The van der Waals surface area contributed by atoms with E-state index in [1.54, 1.807) is 11.8 Å². The highest BCUT2D eigenvalue weighted by atomic mass is 32.2. The Labute approximate surface area is 122 Å². The van der Waals surface area contributed by atoms with Gasteiger partial charge in [0.15, 0.2) is 0 Å². The highest BCUT2D eigenvalue weighted by Crippen LogP contribution is 2.27. The highest BCUT2D eigenvalue weighted by molar-refractivity contribution is 7.99. The summed E-state index contributed by atoms with van der Waals surface area (Å²) >= 11 is 1.58. The van der Waals surface area contributed by atoms with Gasteiger partial charge in [-0.25, -0.2) is 5.84 Å². The minimum absolute atomic E-state index is 0.187. The highest BCUT2D eigenvalue weighted by Gasteiger charge is 2.19. The van der Waals surface area contributed by atoms with Crippen molar-refractivity contribution in [1.29, 1.82) is 0 Å². The van der Waals surface area contributed by atoms with E-state index in [2.05, 4.69) is 5.43 Å². The summed E-state index contributed by atoms with van der Waals surface area (Å²) in [6, 6.07) is 17.2. The zero-order chi connectivity index (χ0) is 14.4. The SMILES string of the molecule is NNC(=O)C(CSc1cccc(N)c1)c1ccccc1. The number of rotatable bonds is 5. The van der Waals surface area contributed by atoms with Gasteiger partial charge in [0.1, 0.15) is 0 Å². The predicted octanol–water partition coefficient (Wildman–Crippen LogP) is 2.13. The molecule has 1 amide bonds. The van der Waals surface area contributed by atoms with Crippen LogP contribution >= 0.6 is 11.8 Å². The number of carbonyl (C=O) groups is 1. The van der Waals surface area contributed by atoms with Crippen LogP contribution in [0.5, 0.6) is 0 Å². The molecule has 0 saturated carbocycles. The fraction of sp³-hybridized carbons (Fsp3) is 0.133. The van der Waals surface area contributed by atoms with Crippen LogP contribution in [-0.4, -0.2) is 11.7 Å². The minimum Gasteiger partial charge on any atom is -0.399 e. The first-order valence-electron chi connectivity index (χ1n) is 6.24. The number of hydrogen-bond donors (Lipinski definition) is 3. The lowest BCUT2D eigenvalue weighted by atomic mass is 10.0. The van der Waals surface area contributed by atoms with E-state index in [4.69, 9.17) is 11.6 Å². The molecular formula is C15H17N3OS. The standard InChI is InChI=1S/C15H17N3OS/c16-12-7-4-8-13(9-12)20-10-14(15(19)18-17)11-5-2-1-3-6-11/h1-9,14H,10,16-17H2,(H,18,19). The molecule has 2 aromatic rings. The number of hydrazine groups is 1. The average Bonchev–Trinajstić information content (AvgIpc) is 2.48. The normalized spacial score (nSPS) is 11.8. The third-order valence-corrected chi connectivity index (χ3v) is 4.02. The Morgan fingerprint density at radius 1 is 1.15 bits per heavy atom. The maximum Gasteiger partial charge on any atom is 0.242 e. The molecule has 104 valence electrons. The number of hydrogen-bond acceptors (Lipinski definition) is 4. The van der Waals surface area contributed by atoms with E-state index in [1.165, 1.54) is 0 Å².